The van der Waals surface area contributed by atoms with Crippen LogP contribution in [0.3, 0.4) is 0 Å². The van der Waals surface area contributed by atoms with Gasteiger partial charge in [-0.05, 0) is 20.8 Å². The fourth-order valence-corrected chi connectivity index (χ4v) is 0.571. The van der Waals surface area contributed by atoms with Gasteiger partial charge in [-0.25, -0.2) is 0 Å². The van der Waals surface area contributed by atoms with Crippen LogP contribution in [0.1, 0.15) is 20.8 Å². The molecule has 74 valence electrons. The van der Waals surface area contributed by atoms with E-state index in [0.29, 0.717) is 6.61 Å². The Morgan fingerprint density at radius 1 is 1.42 bits per heavy atom. The lowest BCUT2D eigenvalue weighted by Crippen LogP contribution is -2.31. The molecule has 1 N–H and O–H groups in total. The maximum atomic E-state index is 9.11. The van der Waals surface area contributed by atoms with Gasteiger partial charge < -0.3 is 19.3 Å². The zero-order chi connectivity index (χ0) is 9.61. The maximum absolute atomic E-state index is 9.11. The number of aliphatic hydroxyl groups excluding tert-OH is 1. The van der Waals surface area contributed by atoms with Crippen LogP contribution in [-0.2, 0) is 14.2 Å². The highest BCUT2D eigenvalue weighted by Gasteiger charge is 2.18. The number of hydrogen-bond donors (Lipinski definition) is 1. The molecule has 0 rings (SSSR count). The van der Waals surface area contributed by atoms with Gasteiger partial charge in [0.15, 0.2) is 12.1 Å². The fourth-order valence-electron chi connectivity index (χ4n) is 0.571. The smallest absolute Gasteiger partial charge is 0.178 e. The minimum atomic E-state index is -0.871. The first-order valence-corrected chi connectivity index (χ1v) is 4.00. The average Bonchev–Trinajstić information content (AvgIpc) is 2.02. The van der Waals surface area contributed by atoms with Crippen molar-refractivity contribution in [2.45, 2.75) is 32.8 Å². The molecule has 4 heteroatoms. The first kappa shape index (κ1) is 11.8. The number of hydrogen-bond acceptors (Lipinski definition) is 4. The van der Waals surface area contributed by atoms with E-state index in [1.54, 1.807) is 21.0 Å². The molecule has 1 unspecified atom stereocenters. The summed E-state index contributed by atoms with van der Waals surface area (Å²) in [4.78, 5) is 0. The number of aliphatic hydroxyl groups is 1. The summed E-state index contributed by atoms with van der Waals surface area (Å²) >= 11 is 0. The molecule has 4 nitrogen and oxygen atoms in total. The lowest BCUT2D eigenvalue weighted by atomic mass is 10.4. The first-order valence-electron chi connectivity index (χ1n) is 4.00. The van der Waals surface area contributed by atoms with Crippen molar-refractivity contribution in [3.8, 4) is 0 Å². The molecule has 0 saturated carbocycles. The minimum Gasteiger partial charge on any atom is -0.366 e. The van der Waals surface area contributed by atoms with Crippen LogP contribution < -0.4 is 0 Å². The summed E-state index contributed by atoms with van der Waals surface area (Å²) in [5.74, 6) is -0.669. The van der Waals surface area contributed by atoms with E-state index in [-0.39, 0.29) is 6.61 Å². The number of methoxy groups -OCH3 is 1. The standard InChI is InChI=1S/C8H18O4/c1-5-11-7(9)6-12-8(2,3)10-4/h7,9H,5-6H2,1-4H3. The zero-order valence-electron chi connectivity index (χ0n) is 8.16. The van der Waals surface area contributed by atoms with Crippen LogP contribution in [0.5, 0.6) is 0 Å². The van der Waals surface area contributed by atoms with Crippen LogP contribution in [0.25, 0.3) is 0 Å². The van der Waals surface area contributed by atoms with E-state index in [9.17, 15) is 0 Å². The van der Waals surface area contributed by atoms with Crippen molar-refractivity contribution >= 4 is 0 Å². The van der Waals surface area contributed by atoms with Gasteiger partial charge in [0.1, 0.15) is 6.61 Å². The van der Waals surface area contributed by atoms with Crippen molar-refractivity contribution in [3.05, 3.63) is 0 Å². The lowest BCUT2D eigenvalue weighted by molar-refractivity contribution is -0.238. The number of rotatable bonds is 6. The van der Waals surface area contributed by atoms with E-state index in [2.05, 4.69) is 0 Å². The molecule has 0 aliphatic heterocycles. The van der Waals surface area contributed by atoms with Crippen molar-refractivity contribution in [2.24, 2.45) is 0 Å². The summed E-state index contributed by atoms with van der Waals surface area (Å²) < 4.78 is 15.0. The number of ether oxygens (including phenoxy) is 3. The van der Waals surface area contributed by atoms with Gasteiger partial charge in [-0.15, -0.1) is 0 Å². The van der Waals surface area contributed by atoms with E-state index in [1.165, 1.54) is 0 Å². The quantitative estimate of drug-likeness (QED) is 0.609. The van der Waals surface area contributed by atoms with Crippen molar-refractivity contribution < 1.29 is 19.3 Å². The summed E-state index contributed by atoms with van der Waals surface area (Å²) in [6, 6.07) is 0. The Kier molecular flexibility index (Phi) is 5.41. The van der Waals surface area contributed by atoms with Crippen molar-refractivity contribution in [3.63, 3.8) is 0 Å². The normalized spacial score (nSPS) is 14.8. The molecule has 0 amide bonds. The second-order valence-corrected chi connectivity index (χ2v) is 2.82. The van der Waals surface area contributed by atoms with Crippen molar-refractivity contribution in [1.82, 2.24) is 0 Å². The van der Waals surface area contributed by atoms with Crippen molar-refractivity contribution in [2.75, 3.05) is 20.3 Å². The van der Waals surface area contributed by atoms with Gasteiger partial charge in [0.2, 0.25) is 0 Å². The minimum absolute atomic E-state index is 0.120. The fraction of sp³-hybridized carbons (Fsp3) is 1.00. The molecule has 1 atom stereocenters. The van der Waals surface area contributed by atoms with Gasteiger partial charge in [0, 0.05) is 13.7 Å². The second kappa shape index (κ2) is 5.48. The third-order valence-electron chi connectivity index (χ3n) is 1.42. The zero-order valence-corrected chi connectivity index (χ0v) is 8.16. The van der Waals surface area contributed by atoms with E-state index < -0.39 is 12.1 Å². The van der Waals surface area contributed by atoms with E-state index in [4.69, 9.17) is 19.3 Å². The summed E-state index contributed by atoms with van der Waals surface area (Å²) in [5, 5.41) is 9.11. The Labute approximate surface area is 73.4 Å². The molecule has 0 radical (unpaired) electrons. The second-order valence-electron chi connectivity index (χ2n) is 2.82. The summed E-state index contributed by atoms with van der Waals surface area (Å²) in [7, 11) is 1.55. The van der Waals surface area contributed by atoms with Crippen LogP contribution in [0.4, 0.5) is 0 Å². The summed E-state index contributed by atoms with van der Waals surface area (Å²) in [6.45, 7) is 5.94. The monoisotopic (exact) mass is 178 g/mol. The largest absolute Gasteiger partial charge is 0.366 e. The Hall–Kier alpha value is -0.160. The highest BCUT2D eigenvalue weighted by atomic mass is 16.7. The summed E-state index contributed by atoms with van der Waals surface area (Å²) in [5.41, 5.74) is 0. The highest BCUT2D eigenvalue weighted by Crippen LogP contribution is 2.09. The molecule has 0 heterocycles. The maximum Gasteiger partial charge on any atom is 0.178 e. The predicted octanol–water partition coefficient (Wildman–Crippen LogP) is 0.740. The average molecular weight is 178 g/mol. The molecule has 0 aromatic rings. The molecule has 0 aromatic heterocycles. The molecule has 12 heavy (non-hydrogen) atoms. The topological polar surface area (TPSA) is 47.9 Å². The Balaban J connectivity index is 3.52. The van der Waals surface area contributed by atoms with Crippen molar-refractivity contribution in [1.29, 1.82) is 0 Å². The van der Waals surface area contributed by atoms with E-state index in [0.717, 1.165) is 0 Å². The molecule has 0 fully saturated rings. The SMILES string of the molecule is CCOC(O)COC(C)(C)OC. The van der Waals surface area contributed by atoms with E-state index >= 15 is 0 Å². The molecular formula is C8H18O4. The van der Waals surface area contributed by atoms with E-state index in [1.807, 2.05) is 6.92 Å². The van der Waals surface area contributed by atoms with Crippen LogP contribution in [0.2, 0.25) is 0 Å². The van der Waals surface area contributed by atoms with Crippen LogP contribution in [-0.4, -0.2) is 37.5 Å². The van der Waals surface area contributed by atoms with Gasteiger partial charge in [-0.3, -0.25) is 0 Å². The molecule has 0 spiro atoms. The Morgan fingerprint density at radius 2 is 2.00 bits per heavy atom. The van der Waals surface area contributed by atoms with Gasteiger partial charge in [-0.2, -0.15) is 0 Å². The molecule has 0 saturated heterocycles. The van der Waals surface area contributed by atoms with Gasteiger partial charge >= 0.3 is 0 Å². The third-order valence-corrected chi connectivity index (χ3v) is 1.42. The molecule has 0 aliphatic rings. The Bertz CT molecular complexity index is 114. The Morgan fingerprint density at radius 3 is 2.42 bits per heavy atom. The van der Waals surface area contributed by atoms with Crippen LogP contribution >= 0.6 is 0 Å². The molecule has 0 aliphatic carbocycles. The lowest BCUT2D eigenvalue weighted by Gasteiger charge is -2.24. The third kappa shape index (κ3) is 5.49. The first-order chi connectivity index (χ1) is 5.52. The summed E-state index contributed by atoms with van der Waals surface area (Å²) in [6.07, 6.45) is -0.871. The van der Waals surface area contributed by atoms with Gasteiger partial charge in [-0.1, -0.05) is 0 Å². The van der Waals surface area contributed by atoms with Gasteiger partial charge in [0.25, 0.3) is 0 Å². The predicted molar refractivity (Wildman–Crippen MR) is 44.7 cm³/mol. The molecule has 0 aromatic carbocycles. The van der Waals surface area contributed by atoms with Crippen LogP contribution in [0, 0.1) is 0 Å². The van der Waals surface area contributed by atoms with Gasteiger partial charge in [0.05, 0.1) is 0 Å². The van der Waals surface area contributed by atoms with Crippen LogP contribution in [0.15, 0.2) is 0 Å². The highest BCUT2D eigenvalue weighted by molar-refractivity contribution is 4.52. The molecular weight excluding hydrogens is 160 g/mol. The molecule has 0 bridgehead atoms.